The number of carbonyl (C=O) groups excluding carboxylic acids is 1. The van der Waals surface area contributed by atoms with Gasteiger partial charge in [0.05, 0.1) is 29.9 Å². The predicted molar refractivity (Wildman–Crippen MR) is 191 cm³/mol. The number of piperidine rings is 1. The number of anilines is 5. The molecule has 2 N–H and O–H groups in total. The van der Waals surface area contributed by atoms with Crippen LogP contribution in [-0.2, 0) is 4.79 Å². The fraction of sp³-hybridized carbons (Fsp3) is 0.417. The molecule has 5 rings (SSSR count). The Morgan fingerprint density at radius 3 is 2.41 bits per heavy atom. The molecule has 2 aromatic carbocycles. The number of rotatable bonds is 10. The Kier molecular flexibility index (Phi) is 10.6. The lowest BCUT2D eigenvalue weighted by Crippen LogP contribution is -2.52. The van der Waals surface area contributed by atoms with E-state index in [2.05, 4.69) is 87.0 Å². The zero-order chi connectivity index (χ0) is 32.8. The van der Waals surface area contributed by atoms with Gasteiger partial charge in [0.15, 0.2) is 0 Å². The first-order chi connectivity index (χ1) is 22.1. The van der Waals surface area contributed by atoms with Gasteiger partial charge in [0, 0.05) is 82.9 Å². The number of methoxy groups -OCH3 is 1. The second kappa shape index (κ2) is 14.8. The zero-order valence-electron chi connectivity index (χ0n) is 28.1. The fourth-order valence-electron chi connectivity index (χ4n) is 6.29. The van der Waals surface area contributed by atoms with Crippen molar-refractivity contribution in [3.63, 3.8) is 0 Å². The maximum Gasteiger partial charge on any atom is 0.247 e. The third-order valence-electron chi connectivity index (χ3n) is 8.77. The van der Waals surface area contributed by atoms with Gasteiger partial charge in [-0.05, 0) is 69.6 Å². The largest absolute Gasteiger partial charge is 0.494 e. The van der Waals surface area contributed by atoms with E-state index in [9.17, 15) is 4.79 Å². The molecule has 2 aliphatic heterocycles. The molecule has 10 nitrogen and oxygen atoms in total. The minimum Gasteiger partial charge on any atom is -0.494 e. The van der Waals surface area contributed by atoms with E-state index in [0.29, 0.717) is 29.1 Å². The number of benzene rings is 2. The van der Waals surface area contributed by atoms with Crippen LogP contribution in [0.2, 0.25) is 0 Å². The number of piperazine rings is 1. The van der Waals surface area contributed by atoms with Crippen LogP contribution in [0.5, 0.6) is 5.75 Å². The minimum absolute atomic E-state index is 0.267. The van der Waals surface area contributed by atoms with Crippen LogP contribution in [0.25, 0.3) is 17.3 Å². The molecule has 0 saturated carbocycles. The highest BCUT2D eigenvalue weighted by Gasteiger charge is 2.28. The molecule has 0 atom stereocenters. The molecule has 244 valence electrons. The standard InChI is InChI=1S/C36H48N8O2/c1-8-35(45)38-30-23-31(34(46-7)24-33(30)44-15-12-28(13-16-44)43-19-17-42(6)18-20-43)40-36-37-14-11-29(39-36)26-9-10-32(41(4)5)27(22-26)21-25(2)3/h8-11,14,21-24,28H,1,12-13,15-20H2,2-7H3,(H,38,45)(H,37,39,40). The number of carbonyl (C=O) groups is 1. The second-order valence-corrected chi connectivity index (χ2v) is 12.6. The maximum atomic E-state index is 12.5. The molecule has 0 bridgehead atoms. The number of hydrogen-bond acceptors (Lipinski definition) is 9. The number of aromatic nitrogens is 2. The van der Waals surface area contributed by atoms with Crippen molar-refractivity contribution < 1.29 is 9.53 Å². The molecule has 2 fully saturated rings. The predicted octanol–water partition coefficient (Wildman–Crippen LogP) is 5.73. The van der Waals surface area contributed by atoms with Crippen molar-refractivity contribution in [1.29, 1.82) is 0 Å². The number of ether oxygens (including phenoxy) is 1. The van der Waals surface area contributed by atoms with Crippen LogP contribution in [0.4, 0.5) is 28.7 Å². The average Bonchev–Trinajstić information content (AvgIpc) is 3.05. The molecule has 0 radical (unpaired) electrons. The van der Waals surface area contributed by atoms with Gasteiger partial charge in [0.25, 0.3) is 0 Å². The Hall–Kier alpha value is -4.41. The molecule has 1 aromatic heterocycles. The normalized spacial score (nSPS) is 16.1. The van der Waals surface area contributed by atoms with Gasteiger partial charge in [-0.25, -0.2) is 9.97 Å². The van der Waals surface area contributed by atoms with Crippen molar-refractivity contribution in [2.24, 2.45) is 0 Å². The molecule has 1 amide bonds. The quantitative estimate of drug-likeness (QED) is 0.275. The Morgan fingerprint density at radius 2 is 1.76 bits per heavy atom. The smallest absolute Gasteiger partial charge is 0.247 e. The van der Waals surface area contributed by atoms with Crippen molar-refractivity contribution in [3.8, 4) is 17.0 Å². The van der Waals surface area contributed by atoms with Crippen molar-refractivity contribution >= 4 is 40.7 Å². The molecule has 0 unspecified atom stereocenters. The van der Waals surface area contributed by atoms with Gasteiger partial charge in [-0.15, -0.1) is 0 Å². The van der Waals surface area contributed by atoms with E-state index < -0.39 is 0 Å². The summed E-state index contributed by atoms with van der Waals surface area (Å²) in [5, 5.41) is 6.38. The summed E-state index contributed by atoms with van der Waals surface area (Å²) in [5.74, 6) is 0.803. The van der Waals surface area contributed by atoms with Crippen molar-refractivity contribution in [2.75, 3.05) is 88.0 Å². The third kappa shape index (κ3) is 7.86. The van der Waals surface area contributed by atoms with Gasteiger partial charge in [0.2, 0.25) is 11.9 Å². The summed E-state index contributed by atoms with van der Waals surface area (Å²) in [6, 6.07) is 12.7. The lowest BCUT2D eigenvalue weighted by atomic mass is 10.0. The first kappa shape index (κ1) is 33.0. The van der Waals surface area contributed by atoms with Crippen molar-refractivity contribution in [1.82, 2.24) is 19.8 Å². The van der Waals surface area contributed by atoms with Crippen molar-refractivity contribution in [2.45, 2.75) is 32.7 Å². The van der Waals surface area contributed by atoms with Gasteiger partial charge in [0.1, 0.15) is 5.75 Å². The SMILES string of the molecule is C=CC(=O)Nc1cc(Nc2nccc(-c3ccc(N(C)C)c(C=C(C)C)c3)n2)c(OC)cc1N1CCC(N2CCN(C)CC2)CC1. The molecule has 3 heterocycles. The number of nitrogens with one attached hydrogen (secondary N) is 2. The molecule has 0 spiro atoms. The Labute approximate surface area is 273 Å². The van der Waals surface area contributed by atoms with Crippen LogP contribution in [0.15, 0.2) is 60.8 Å². The van der Waals surface area contributed by atoms with E-state index in [4.69, 9.17) is 9.72 Å². The van der Waals surface area contributed by atoms with Gasteiger partial charge in [-0.2, -0.15) is 0 Å². The average molecular weight is 625 g/mol. The van der Waals surface area contributed by atoms with Crippen molar-refractivity contribution in [3.05, 3.63) is 66.4 Å². The number of allylic oxidation sites excluding steroid dienone is 1. The van der Waals surface area contributed by atoms with E-state index in [1.54, 1.807) is 13.3 Å². The molecule has 3 aromatic rings. The van der Waals surface area contributed by atoms with Gasteiger partial charge < -0.3 is 30.1 Å². The lowest BCUT2D eigenvalue weighted by Gasteiger charge is -2.43. The molecule has 10 heteroatoms. The molecular formula is C36H48N8O2. The molecule has 0 aliphatic carbocycles. The number of hydrogen-bond donors (Lipinski definition) is 2. The maximum absolute atomic E-state index is 12.5. The van der Waals surface area contributed by atoms with E-state index >= 15 is 0 Å². The van der Waals surface area contributed by atoms with Crippen LogP contribution < -0.4 is 25.2 Å². The number of amides is 1. The summed E-state index contributed by atoms with van der Waals surface area (Å²) in [6.07, 6.45) is 7.37. The van der Waals surface area contributed by atoms with Crippen LogP contribution in [0, 0.1) is 0 Å². The summed E-state index contributed by atoms with van der Waals surface area (Å²) in [6.45, 7) is 14.1. The first-order valence-electron chi connectivity index (χ1n) is 16.0. The van der Waals surface area contributed by atoms with E-state index in [-0.39, 0.29) is 5.91 Å². The lowest BCUT2D eigenvalue weighted by molar-refractivity contribution is -0.111. The van der Waals surface area contributed by atoms with E-state index in [1.165, 1.54) is 11.6 Å². The van der Waals surface area contributed by atoms with Gasteiger partial charge in [-0.3, -0.25) is 9.69 Å². The van der Waals surface area contributed by atoms with Crippen LogP contribution in [0.1, 0.15) is 32.3 Å². The Morgan fingerprint density at radius 1 is 1.02 bits per heavy atom. The van der Waals surface area contributed by atoms with Crippen LogP contribution in [-0.4, -0.2) is 99.2 Å². The fourth-order valence-corrected chi connectivity index (χ4v) is 6.29. The number of likely N-dealkylation sites (N-methyl/N-ethyl adjacent to an activating group) is 1. The number of nitrogens with zero attached hydrogens (tertiary/aromatic N) is 6. The third-order valence-corrected chi connectivity index (χ3v) is 8.77. The first-order valence-corrected chi connectivity index (χ1v) is 16.0. The molecular weight excluding hydrogens is 576 g/mol. The summed E-state index contributed by atoms with van der Waals surface area (Å²) in [5.41, 5.74) is 7.55. The summed E-state index contributed by atoms with van der Waals surface area (Å²) in [4.78, 5) is 31.4. The Balaban J connectivity index is 1.40. The van der Waals surface area contributed by atoms with E-state index in [1.807, 2.05) is 32.3 Å². The van der Waals surface area contributed by atoms with Crippen LogP contribution >= 0.6 is 0 Å². The van der Waals surface area contributed by atoms with Crippen LogP contribution in [0.3, 0.4) is 0 Å². The van der Waals surface area contributed by atoms with Gasteiger partial charge >= 0.3 is 0 Å². The second-order valence-electron chi connectivity index (χ2n) is 12.6. The highest BCUT2D eigenvalue weighted by molar-refractivity contribution is 6.02. The Bertz CT molecular complexity index is 1570. The molecule has 2 aliphatic rings. The summed E-state index contributed by atoms with van der Waals surface area (Å²) >= 11 is 0. The minimum atomic E-state index is -0.267. The summed E-state index contributed by atoms with van der Waals surface area (Å²) in [7, 11) is 7.94. The monoisotopic (exact) mass is 624 g/mol. The van der Waals surface area contributed by atoms with Gasteiger partial charge in [-0.1, -0.05) is 24.3 Å². The zero-order valence-corrected chi connectivity index (χ0v) is 28.1. The molecule has 46 heavy (non-hydrogen) atoms. The summed E-state index contributed by atoms with van der Waals surface area (Å²) < 4.78 is 5.86. The molecule has 2 saturated heterocycles. The highest BCUT2D eigenvalue weighted by atomic mass is 16.5. The highest BCUT2D eigenvalue weighted by Crippen LogP contribution is 2.40. The van der Waals surface area contributed by atoms with E-state index in [0.717, 1.165) is 80.3 Å². The topological polar surface area (TPSA) is 89.1 Å².